The van der Waals surface area contributed by atoms with Gasteiger partial charge in [0, 0.05) is 5.69 Å². The first-order valence-electron chi connectivity index (χ1n) is 3.64. The molecule has 2 N–H and O–H groups in total. The van der Waals surface area contributed by atoms with Gasteiger partial charge in [-0.05, 0) is 12.1 Å². The Kier molecular flexibility index (Phi) is 3.09. The van der Waals surface area contributed by atoms with E-state index in [9.17, 15) is 18.0 Å². The van der Waals surface area contributed by atoms with Crippen LogP contribution in [0.1, 0.15) is 10.4 Å². The van der Waals surface area contributed by atoms with Crippen molar-refractivity contribution in [2.75, 3.05) is 5.73 Å². The minimum atomic E-state index is -4.92. The van der Waals surface area contributed by atoms with Crippen molar-refractivity contribution in [2.45, 2.75) is 6.36 Å². The van der Waals surface area contributed by atoms with Gasteiger partial charge in [0.15, 0.2) is 12.0 Å². The molecule has 0 heterocycles. The van der Waals surface area contributed by atoms with Crippen molar-refractivity contribution < 1.29 is 22.7 Å². The third kappa shape index (κ3) is 2.76. The van der Waals surface area contributed by atoms with Gasteiger partial charge in [-0.1, -0.05) is 11.6 Å². The Morgan fingerprint density at radius 2 is 2.00 bits per heavy atom. The Bertz CT molecular complexity index is 392. The molecular weight excluding hydrogens is 235 g/mol. The zero-order valence-corrected chi connectivity index (χ0v) is 7.89. The second-order valence-electron chi connectivity index (χ2n) is 2.55. The molecule has 0 bridgehead atoms. The van der Waals surface area contributed by atoms with Crippen LogP contribution in [0.2, 0.25) is 5.02 Å². The van der Waals surface area contributed by atoms with Gasteiger partial charge >= 0.3 is 6.36 Å². The number of halogens is 4. The van der Waals surface area contributed by atoms with E-state index >= 15 is 0 Å². The molecule has 0 fully saturated rings. The smallest absolute Gasteiger partial charge is 0.403 e. The number of nitrogen functional groups attached to an aromatic ring is 1. The molecule has 0 spiro atoms. The van der Waals surface area contributed by atoms with Crippen LogP contribution in [0.3, 0.4) is 0 Å². The molecule has 0 amide bonds. The molecule has 82 valence electrons. The van der Waals surface area contributed by atoms with Crippen LogP contribution in [0, 0.1) is 0 Å². The number of rotatable bonds is 2. The second kappa shape index (κ2) is 3.98. The molecule has 7 heteroatoms. The van der Waals surface area contributed by atoms with Crippen molar-refractivity contribution in [1.82, 2.24) is 0 Å². The van der Waals surface area contributed by atoms with E-state index in [4.69, 9.17) is 17.3 Å². The Hall–Kier alpha value is -1.43. The largest absolute Gasteiger partial charge is 0.573 e. The summed E-state index contributed by atoms with van der Waals surface area (Å²) in [7, 11) is 0. The summed E-state index contributed by atoms with van der Waals surface area (Å²) >= 11 is 5.45. The Morgan fingerprint density at radius 3 is 2.47 bits per heavy atom. The average molecular weight is 240 g/mol. The van der Waals surface area contributed by atoms with Gasteiger partial charge in [0.25, 0.3) is 0 Å². The molecule has 1 aromatic carbocycles. The normalized spacial score (nSPS) is 11.2. The average Bonchev–Trinajstić information content (AvgIpc) is 2.10. The molecule has 0 saturated carbocycles. The molecule has 0 aromatic heterocycles. The number of carbonyl (C=O) groups excluding carboxylic acids is 1. The molecule has 15 heavy (non-hydrogen) atoms. The fraction of sp³-hybridized carbons (Fsp3) is 0.125. The quantitative estimate of drug-likeness (QED) is 0.638. The third-order valence-corrected chi connectivity index (χ3v) is 1.82. The highest BCUT2D eigenvalue weighted by Crippen LogP contribution is 2.35. The van der Waals surface area contributed by atoms with Crippen molar-refractivity contribution in [1.29, 1.82) is 0 Å². The number of benzene rings is 1. The van der Waals surface area contributed by atoms with Crippen molar-refractivity contribution in [3.05, 3.63) is 22.7 Å². The Morgan fingerprint density at radius 1 is 1.40 bits per heavy atom. The Balaban J connectivity index is 3.25. The van der Waals surface area contributed by atoms with Crippen molar-refractivity contribution in [3.8, 4) is 5.75 Å². The highest BCUT2D eigenvalue weighted by atomic mass is 35.5. The van der Waals surface area contributed by atoms with Gasteiger partial charge in [-0.2, -0.15) is 0 Å². The van der Waals surface area contributed by atoms with Crippen LogP contribution in [-0.2, 0) is 0 Å². The molecule has 1 rings (SSSR count). The van der Waals surface area contributed by atoms with E-state index in [-0.39, 0.29) is 17.0 Å². The van der Waals surface area contributed by atoms with E-state index in [2.05, 4.69) is 4.74 Å². The van der Waals surface area contributed by atoms with Crippen LogP contribution in [0.4, 0.5) is 18.9 Å². The third-order valence-electron chi connectivity index (χ3n) is 1.52. The summed E-state index contributed by atoms with van der Waals surface area (Å²) in [4.78, 5) is 10.5. The Labute approximate surface area is 87.6 Å². The number of hydrogen-bond acceptors (Lipinski definition) is 3. The summed E-state index contributed by atoms with van der Waals surface area (Å²) in [6.07, 6.45) is -4.77. The highest BCUT2D eigenvalue weighted by molar-refractivity contribution is 6.32. The molecule has 0 unspecified atom stereocenters. The van der Waals surface area contributed by atoms with Gasteiger partial charge in [-0.25, -0.2) is 0 Å². The fourth-order valence-electron chi connectivity index (χ4n) is 0.929. The maximum atomic E-state index is 11.9. The zero-order valence-electron chi connectivity index (χ0n) is 7.14. The fourth-order valence-corrected chi connectivity index (χ4v) is 1.13. The number of carbonyl (C=O) groups is 1. The molecule has 0 aliphatic rings. The van der Waals surface area contributed by atoms with E-state index in [1.807, 2.05) is 0 Å². The van der Waals surface area contributed by atoms with Crippen LogP contribution in [0.5, 0.6) is 5.75 Å². The lowest BCUT2D eigenvalue weighted by molar-refractivity contribution is -0.274. The number of aldehydes is 1. The maximum absolute atomic E-state index is 11.9. The summed E-state index contributed by atoms with van der Waals surface area (Å²) in [6.45, 7) is 0. The first kappa shape index (κ1) is 11.6. The predicted molar refractivity (Wildman–Crippen MR) is 47.9 cm³/mol. The molecular formula is C8H5ClF3NO2. The van der Waals surface area contributed by atoms with Crippen LogP contribution in [0.15, 0.2) is 12.1 Å². The maximum Gasteiger partial charge on any atom is 0.573 e. The topological polar surface area (TPSA) is 52.3 Å². The van der Waals surface area contributed by atoms with Crippen LogP contribution in [0.25, 0.3) is 0 Å². The van der Waals surface area contributed by atoms with E-state index < -0.39 is 17.7 Å². The van der Waals surface area contributed by atoms with Crippen LogP contribution in [-0.4, -0.2) is 12.6 Å². The number of alkyl halides is 3. The van der Waals surface area contributed by atoms with Crippen molar-refractivity contribution in [2.24, 2.45) is 0 Å². The summed E-state index contributed by atoms with van der Waals surface area (Å²) in [5.74, 6) is -0.779. The summed E-state index contributed by atoms with van der Waals surface area (Å²) in [6, 6.07) is 2.33. The van der Waals surface area contributed by atoms with Gasteiger partial charge in [0.05, 0.1) is 10.6 Å². The molecule has 0 aliphatic heterocycles. The lowest BCUT2D eigenvalue weighted by atomic mass is 10.2. The minimum Gasteiger partial charge on any atom is -0.403 e. The first-order valence-corrected chi connectivity index (χ1v) is 4.02. The van der Waals surface area contributed by atoms with Crippen LogP contribution < -0.4 is 10.5 Å². The molecule has 1 aromatic rings. The van der Waals surface area contributed by atoms with Crippen molar-refractivity contribution in [3.63, 3.8) is 0 Å². The van der Waals surface area contributed by atoms with Gasteiger partial charge in [0.2, 0.25) is 0 Å². The van der Waals surface area contributed by atoms with E-state index in [0.29, 0.717) is 0 Å². The number of anilines is 1. The molecule has 0 radical (unpaired) electrons. The van der Waals surface area contributed by atoms with E-state index in [1.54, 1.807) is 0 Å². The summed E-state index contributed by atoms with van der Waals surface area (Å²) in [5, 5.41) is -0.330. The SMILES string of the molecule is Nc1ccc(Cl)c(OC(F)(F)F)c1C=O. The van der Waals surface area contributed by atoms with Gasteiger partial charge in [-0.15, -0.1) is 13.2 Å². The van der Waals surface area contributed by atoms with E-state index in [1.165, 1.54) is 6.07 Å². The lowest BCUT2D eigenvalue weighted by Crippen LogP contribution is -2.18. The summed E-state index contributed by atoms with van der Waals surface area (Å²) < 4.78 is 39.4. The van der Waals surface area contributed by atoms with E-state index in [0.717, 1.165) is 6.07 Å². The molecule has 0 saturated heterocycles. The first-order chi connectivity index (χ1) is 6.85. The molecule has 0 atom stereocenters. The molecule has 0 aliphatic carbocycles. The number of hydrogen-bond donors (Lipinski definition) is 1. The van der Waals surface area contributed by atoms with Crippen molar-refractivity contribution >= 4 is 23.6 Å². The minimum absolute atomic E-state index is 0.131. The zero-order chi connectivity index (χ0) is 11.6. The number of ether oxygens (including phenoxy) is 1. The standard InChI is InChI=1S/C8H5ClF3NO2/c9-5-1-2-6(13)4(3-14)7(5)15-8(10,11)12/h1-3H,13H2. The number of nitrogens with two attached hydrogens (primary N) is 1. The van der Waals surface area contributed by atoms with Gasteiger partial charge < -0.3 is 10.5 Å². The van der Waals surface area contributed by atoms with Gasteiger partial charge in [-0.3, -0.25) is 4.79 Å². The molecule has 3 nitrogen and oxygen atoms in total. The van der Waals surface area contributed by atoms with Gasteiger partial charge in [0.1, 0.15) is 0 Å². The van der Waals surface area contributed by atoms with Crippen LogP contribution >= 0.6 is 11.6 Å². The lowest BCUT2D eigenvalue weighted by Gasteiger charge is -2.13. The summed E-state index contributed by atoms with van der Waals surface area (Å²) in [5.41, 5.74) is 4.73. The monoisotopic (exact) mass is 239 g/mol. The predicted octanol–water partition coefficient (Wildman–Crippen LogP) is 2.63. The second-order valence-corrected chi connectivity index (χ2v) is 2.95. The highest BCUT2D eigenvalue weighted by Gasteiger charge is 2.33.